The highest BCUT2D eigenvalue weighted by molar-refractivity contribution is 6.56. The first-order valence-electron chi connectivity index (χ1n) is 8.65. The third kappa shape index (κ3) is 11.6. The Morgan fingerprint density at radius 1 is 0.885 bits per heavy atom. The standard InChI is InChI=1S/C17H35NO7Si/c1-15(2,3)23-26(24-16(4,5)6,25-17(7,8)9)22-14(21)12(18)10-11-13(19)20/h12H,10-11,18H2,1-9H3,(H,19,20). The molecule has 0 aliphatic carbocycles. The molecule has 0 rings (SSSR count). The molecule has 1 atom stereocenters. The van der Waals surface area contributed by atoms with Crippen molar-refractivity contribution in [2.24, 2.45) is 5.73 Å². The maximum Gasteiger partial charge on any atom is 0.752 e. The van der Waals surface area contributed by atoms with Crippen LogP contribution >= 0.6 is 0 Å². The van der Waals surface area contributed by atoms with Gasteiger partial charge >= 0.3 is 21.0 Å². The molecule has 0 spiro atoms. The zero-order valence-corrected chi connectivity index (χ0v) is 18.5. The van der Waals surface area contributed by atoms with Crippen LogP contribution in [-0.2, 0) is 27.3 Å². The van der Waals surface area contributed by atoms with Gasteiger partial charge in [0.25, 0.3) is 0 Å². The van der Waals surface area contributed by atoms with Gasteiger partial charge in [-0.1, -0.05) is 0 Å². The molecule has 0 amide bonds. The first-order chi connectivity index (χ1) is 11.3. The zero-order chi connectivity index (χ0) is 21.0. The van der Waals surface area contributed by atoms with Crippen molar-refractivity contribution in [3.63, 3.8) is 0 Å². The van der Waals surface area contributed by atoms with Crippen molar-refractivity contribution in [3.05, 3.63) is 0 Å². The SMILES string of the molecule is CC(C)(C)O[Si](OC(=O)C(N)CCC(=O)O)(OC(C)(C)C)OC(C)(C)C. The van der Waals surface area contributed by atoms with Crippen LogP contribution in [0.1, 0.15) is 75.2 Å². The Kier molecular flexibility index (Phi) is 8.45. The molecule has 1 unspecified atom stereocenters. The molecule has 26 heavy (non-hydrogen) atoms. The van der Waals surface area contributed by atoms with Crippen molar-refractivity contribution in [1.29, 1.82) is 0 Å². The largest absolute Gasteiger partial charge is 0.752 e. The van der Waals surface area contributed by atoms with Crippen LogP contribution in [0.3, 0.4) is 0 Å². The number of hydrogen-bond donors (Lipinski definition) is 2. The van der Waals surface area contributed by atoms with E-state index in [0.717, 1.165) is 0 Å². The third-order valence-electron chi connectivity index (χ3n) is 2.49. The summed E-state index contributed by atoms with van der Waals surface area (Å²) < 4.78 is 23.6. The molecule has 3 N–H and O–H groups in total. The Morgan fingerprint density at radius 3 is 1.50 bits per heavy atom. The molecule has 9 heteroatoms. The number of nitrogens with two attached hydrogens (primary N) is 1. The molecule has 0 bridgehead atoms. The van der Waals surface area contributed by atoms with Gasteiger partial charge < -0.3 is 28.5 Å². The second-order valence-corrected chi connectivity index (χ2v) is 10.9. The minimum absolute atomic E-state index is 0.0563. The van der Waals surface area contributed by atoms with Gasteiger partial charge in [-0.3, -0.25) is 9.59 Å². The molecule has 0 aromatic carbocycles. The lowest BCUT2D eigenvalue weighted by atomic mass is 10.2. The van der Waals surface area contributed by atoms with E-state index in [-0.39, 0.29) is 12.8 Å². The molecular formula is C17H35NO7Si. The Hall–Kier alpha value is -1.00. The van der Waals surface area contributed by atoms with E-state index >= 15 is 0 Å². The van der Waals surface area contributed by atoms with Gasteiger partial charge in [-0.2, -0.15) is 0 Å². The first-order valence-corrected chi connectivity index (χ1v) is 10.3. The van der Waals surface area contributed by atoms with E-state index in [0.29, 0.717) is 0 Å². The van der Waals surface area contributed by atoms with Crippen LogP contribution in [0, 0.1) is 0 Å². The molecule has 0 radical (unpaired) electrons. The van der Waals surface area contributed by atoms with Crippen molar-refractivity contribution < 1.29 is 32.4 Å². The predicted molar refractivity (Wildman–Crippen MR) is 99.2 cm³/mol. The predicted octanol–water partition coefficient (Wildman–Crippen LogP) is 2.60. The minimum atomic E-state index is -3.96. The van der Waals surface area contributed by atoms with E-state index in [2.05, 4.69) is 0 Å². The fourth-order valence-electron chi connectivity index (χ4n) is 1.85. The van der Waals surface area contributed by atoms with Gasteiger partial charge in [0.1, 0.15) is 6.04 Å². The zero-order valence-electron chi connectivity index (χ0n) is 17.5. The Bertz CT molecular complexity index is 448. The van der Waals surface area contributed by atoms with Gasteiger partial charge in [0, 0.05) is 6.42 Å². The fraction of sp³-hybridized carbons (Fsp3) is 0.882. The van der Waals surface area contributed by atoms with E-state index in [9.17, 15) is 9.59 Å². The summed E-state index contributed by atoms with van der Waals surface area (Å²) in [5.41, 5.74) is 3.64. The number of carboxylic acid groups (broad SMARTS) is 1. The van der Waals surface area contributed by atoms with Gasteiger partial charge in [0.05, 0.1) is 16.8 Å². The third-order valence-corrected chi connectivity index (χ3v) is 5.53. The van der Waals surface area contributed by atoms with Crippen LogP contribution in [-0.4, -0.2) is 48.9 Å². The number of carbonyl (C=O) groups is 2. The first kappa shape index (κ1) is 25.0. The summed E-state index contributed by atoms with van der Waals surface area (Å²) >= 11 is 0. The molecule has 154 valence electrons. The van der Waals surface area contributed by atoms with Gasteiger partial charge in [0.15, 0.2) is 0 Å². The molecule has 0 aliphatic rings. The summed E-state index contributed by atoms with van der Waals surface area (Å²) in [6.45, 7) is 16.2. The molecule has 0 aliphatic heterocycles. The number of hydrogen-bond acceptors (Lipinski definition) is 7. The minimum Gasteiger partial charge on any atom is -0.481 e. The van der Waals surface area contributed by atoms with Crippen LogP contribution in [0.4, 0.5) is 0 Å². The molecule has 0 heterocycles. The Morgan fingerprint density at radius 2 is 1.23 bits per heavy atom. The number of carboxylic acids is 1. The van der Waals surface area contributed by atoms with E-state index in [4.69, 9.17) is 28.5 Å². The topological polar surface area (TPSA) is 117 Å². The molecule has 8 nitrogen and oxygen atoms in total. The summed E-state index contributed by atoms with van der Waals surface area (Å²) in [6, 6.07) is -1.12. The van der Waals surface area contributed by atoms with E-state index in [1.54, 1.807) is 62.3 Å². The van der Waals surface area contributed by atoms with Crippen molar-refractivity contribution in [2.75, 3.05) is 0 Å². The van der Waals surface area contributed by atoms with Crippen molar-refractivity contribution >= 4 is 21.0 Å². The lowest BCUT2D eigenvalue weighted by Gasteiger charge is -2.40. The van der Waals surface area contributed by atoms with Gasteiger partial charge in [-0.15, -0.1) is 0 Å². The van der Waals surface area contributed by atoms with E-state index in [1.807, 2.05) is 0 Å². The average Bonchev–Trinajstić information content (AvgIpc) is 2.28. The second-order valence-electron chi connectivity index (χ2n) is 9.10. The molecule has 0 aromatic rings. The van der Waals surface area contributed by atoms with Crippen LogP contribution in [0.25, 0.3) is 0 Å². The van der Waals surface area contributed by atoms with Crippen LogP contribution in [0.2, 0.25) is 0 Å². The number of carbonyl (C=O) groups excluding carboxylic acids is 1. The molecule has 0 fully saturated rings. The van der Waals surface area contributed by atoms with Crippen molar-refractivity contribution in [1.82, 2.24) is 0 Å². The number of aliphatic carboxylic acids is 1. The molecule has 0 saturated heterocycles. The Balaban J connectivity index is 5.69. The summed E-state index contributed by atoms with van der Waals surface area (Å²) in [5, 5.41) is 8.76. The van der Waals surface area contributed by atoms with E-state index in [1.165, 1.54) is 0 Å². The molecule has 0 aromatic heterocycles. The summed E-state index contributed by atoms with van der Waals surface area (Å²) in [4.78, 5) is 23.2. The summed E-state index contributed by atoms with van der Waals surface area (Å²) in [6.07, 6.45) is -0.301. The van der Waals surface area contributed by atoms with Gasteiger partial charge in [-0.05, 0) is 68.7 Å². The van der Waals surface area contributed by atoms with Crippen LogP contribution in [0.15, 0.2) is 0 Å². The monoisotopic (exact) mass is 393 g/mol. The average molecular weight is 394 g/mol. The van der Waals surface area contributed by atoms with Crippen LogP contribution < -0.4 is 5.73 Å². The molecular weight excluding hydrogens is 358 g/mol. The highest BCUT2D eigenvalue weighted by Gasteiger charge is 2.58. The quantitative estimate of drug-likeness (QED) is 0.604. The maximum absolute atomic E-state index is 12.5. The normalized spacial score (nSPS) is 14.8. The fourth-order valence-corrected chi connectivity index (χ4v) is 4.74. The van der Waals surface area contributed by atoms with Crippen LogP contribution in [0.5, 0.6) is 0 Å². The lowest BCUT2D eigenvalue weighted by Crippen LogP contribution is -2.61. The smallest absolute Gasteiger partial charge is 0.481 e. The summed E-state index contributed by atoms with van der Waals surface area (Å²) in [7, 11) is -3.96. The van der Waals surface area contributed by atoms with Gasteiger partial charge in [0.2, 0.25) is 0 Å². The second kappa shape index (κ2) is 8.79. The summed E-state index contributed by atoms with van der Waals surface area (Å²) in [5.74, 6) is -1.85. The number of rotatable bonds is 8. The molecule has 0 saturated carbocycles. The highest BCUT2D eigenvalue weighted by atomic mass is 28.4. The lowest BCUT2D eigenvalue weighted by molar-refractivity contribution is -0.163. The van der Waals surface area contributed by atoms with Crippen molar-refractivity contribution in [3.8, 4) is 0 Å². The van der Waals surface area contributed by atoms with Gasteiger partial charge in [-0.25, -0.2) is 0 Å². The Labute approximate surface area is 157 Å². The van der Waals surface area contributed by atoms with Crippen molar-refractivity contribution in [2.45, 2.75) is 98.0 Å². The maximum atomic E-state index is 12.5. The highest BCUT2D eigenvalue weighted by Crippen LogP contribution is 2.30. The van der Waals surface area contributed by atoms with E-state index < -0.39 is 43.8 Å².